The van der Waals surface area contributed by atoms with E-state index in [9.17, 15) is 9.18 Å². The fourth-order valence-electron chi connectivity index (χ4n) is 1.91. The molecule has 19 heavy (non-hydrogen) atoms. The van der Waals surface area contributed by atoms with Crippen molar-refractivity contribution >= 4 is 5.78 Å². The summed E-state index contributed by atoms with van der Waals surface area (Å²) in [4.78, 5) is 12.0. The van der Waals surface area contributed by atoms with E-state index in [2.05, 4.69) is 0 Å². The zero-order valence-electron chi connectivity index (χ0n) is 10.6. The van der Waals surface area contributed by atoms with Gasteiger partial charge in [0.15, 0.2) is 5.78 Å². The Morgan fingerprint density at radius 3 is 2.11 bits per heavy atom. The maximum absolute atomic E-state index is 12.8. The van der Waals surface area contributed by atoms with Gasteiger partial charge in [-0.1, -0.05) is 36.4 Å². The second kappa shape index (κ2) is 6.25. The maximum Gasteiger partial charge on any atom is 0.167 e. The molecule has 0 atom stereocenters. The van der Waals surface area contributed by atoms with Crippen LogP contribution in [0.1, 0.15) is 21.5 Å². The van der Waals surface area contributed by atoms with Gasteiger partial charge < -0.3 is 5.73 Å². The predicted molar refractivity (Wildman–Crippen MR) is 73.6 cm³/mol. The number of Topliss-reactive ketones (excluding diaryl/α,β-unsaturated/α-hetero) is 1. The highest BCUT2D eigenvalue weighted by Crippen LogP contribution is 2.10. The van der Waals surface area contributed by atoms with E-state index in [1.165, 1.54) is 12.1 Å². The summed E-state index contributed by atoms with van der Waals surface area (Å²) in [7, 11) is 0. The quantitative estimate of drug-likeness (QED) is 0.837. The second-order valence-electron chi connectivity index (χ2n) is 4.46. The summed E-state index contributed by atoms with van der Waals surface area (Å²) < 4.78 is 12.8. The van der Waals surface area contributed by atoms with Gasteiger partial charge in [0.25, 0.3) is 0 Å². The molecule has 0 bridgehead atoms. The Balaban J connectivity index is 2.05. The van der Waals surface area contributed by atoms with Crippen molar-refractivity contribution in [3.8, 4) is 0 Å². The van der Waals surface area contributed by atoms with Gasteiger partial charge in [-0.25, -0.2) is 4.39 Å². The van der Waals surface area contributed by atoms with E-state index >= 15 is 0 Å². The molecule has 0 heterocycles. The highest BCUT2D eigenvalue weighted by molar-refractivity contribution is 5.97. The first kappa shape index (κ1) is 13.4. The second-order valence-corrected chi connectivity index (χ2v) is 4.46. The van der Waals surface area contributed by atoms with Crippen LogP contribution in [0, 0.1) is 5.82 Å². The summed E-state index contributed by atoms with van der Waals surface area (Å²) in [5, 5.41) is 0. The Kier molecular flexibility index (Phi) is 4.42. The number of hydrogen-bond donors (Lipinski definition) is 1. The first-order valence-corrected chi connectivity index (χ1v) is 6.25. The summed E-state index contributed by atoms with van der Waals surface area (Å²) >= 11 is 0. The van der Waals surface area contributed by atoms with Crippen molar-refractivity contribution in [1.29, 1.82) is 0 Å². The number of carbonyl (C=O) groups excluding carboxylic acids is 1. The Labute approximate surface area is 112 Å². The van der Waals surface area contributed by atoms with E-state index in [1.54, 1.807) is 12.1 Å². The summed E-state index contributed by atoms with van der Waals surface area (Å²) in [6, 6.07) is 13.5. The third-order valence-corrected chi connectivity index (χ3v) is 2.99. The largest absolute Gasteiger partial charge is 0.330 e. The number of nitrogens with two attached hydrogens (primary N) is 1. The Morgan fingerprint density at radius 2 is 1.53 bits per heavy atom. The molecule has 98 valence electrons. The number of hydrogen-bond acceptors (Lipinski definition) is 2. The van der Waals surface area contributed by atoms with Gasteiger partial charge in [-0.05, 0) is 36.2 Å². The normalized spacial score (nSPS) is 10.4. The van der Waals surface area contributed by atoms with Crippen LogP contribution in [-0.4, -0.2) is 12.3 Å². The maximum atomic E-state index is 12.8. The molecule has 0 aliphatic carbocycles. The van der Waals surface area contributed by atoms with Crippen LogP contribution >= 0.6 is 0 Å². The van der Waals surface area contributed by atoms with Crippen LogP contribution in [0.15, 0.2) is 48.5 Å². The van der Waals surface area contributed by atoms with Gasteiger partial charge in [0, 0.05) is 12.0 Å². The van der Waals surface area contributed by atoms with E-state index in [-0.39, 0.29) is 18.0 Å². The lowest BCUT2D eigenvalue weighted by atomic mass is 10.0. The van der Waals surface area contributed by atoms with Crippen molar-refractivity contribution in [1.82, 2.24) is 0 Å². The van der Waals surface area contributed by atoms with E-state index < -0.39 is 0 Å². The van der Waals surface area contributed by atoms with Gasteiger partial charge in [0.1, 0.15) is 5.82 Å². The van der Waals surface area contributed by atoms with Gasteiger partial charge in [0.05, 0.1) is 0 Å². The molecule has 0 saturated carbocycles. The number of carbonyl (C=O) groups is 1. The van der Waals surface area contributed by atoms with Crippen molar-refractivity contribution in [3.05, 3.63) is 71.0 Å². The standard InChI is InChI=1S/C16H16FNO/c17-15-7-3-13(4-8-15)11-16(19)14-5-1-12(2-6-14)9-10-18/h1-8H,9-11,18H2. The lowest BCUT2D eigenvalue weighted by molar-refractivity contribution is 0.0993. The summed E-state index contributed by atoms with van der Waals surface area (Å²) in [6.07, 6.45) is 1.10. The van der Waals surface area contributed by atoms with Gasteiger partial charge >= 0.3 is 0 Å². The lowest BCUT2D eigenvalue weighted by Gasteiger charge is -2.03. The number of halogens is 1. The molecule has 2 rings (SSSR count). The molecule has 0 aromatic heterocycles. The molecule has 0 spiro atoms. The van der Waals surface area contributed by atoms with Gasteiger partial charge in [-0.2, -0.15) is 0 Å². The number of ketones is 1. The van der Waals surface area contributed by atoms with E-state index in [1.807, 2.05) is 24.3 Å². The van der Waals surface area contributed by atoms with Crippen LogP contribution in [0.25, 0.3) is 0 Å². The molecule has 0 aliphatic rings. The lowest BCUT2D eigenvalue weighted by Crippen LogP contribution is -2.05. The molecular formula is C16H16FNO. The fraction of sp³-hybridized carbons (Fsp3) is 0.188. The van der Waals surface area contributed by atoms with Gasteiger partial charge in [-0.3, -0.25) is 4.79 Å². The molecule has 2 aromatic carbocycles. The van der Waals surface area contributed by atoms with Crippen LogP contribution in [-0.2, 0) is 12.8 Å². The third kappa shape index (κ3) is 3.73. The fourth-order valence-corrected chi connectivity index (χ4v) is 1.91. The van der Waals surface area contributed by atoms with Crippen molar-refractivity contribution in [3.63, 3.8) is 0 Å². The van der Waals surface area contributed by atoms with Gasteiger partial charge in [-0.15, -0.1) is 0 Å². The minimum Gasteiger partial charge on any atom is -0.330 e. The smallest absolute Gasteiger partial charge is 0.167 e. The van der Waals surface area contributed by atoms with Gasteiger partial charge in [0.2, 0.25) is 0 Å². The average molecular weight is 257 g/mol. The summed E-state index contributed by atoms with van der Waals surface area (Å²) in [6.45, 7) is 0.600. The molecule has 0 aliphatic heterocycles. The molecule has 2 nitrogen and oxygen atoms in total. The topological polar surface area (TPSA) is 43.1 Å². The minimum atomic E-state index is -0.290. The zero-order valence-corrected chi connectivity index (χ0v) is 10.6. The van der Waals surface area contributed by atoms with Crippen molar-refractivity contribution in [2.24, 2.45) is 5.73 Å². The van der Waals surface area contributed by atoms with Crippen molar-refractivity contribution in [2.45, 2.75) is 12.8 Å². The predicted octanol–water partition coefficient (Wildman–Crippen LogP) is 2.75. The monoisotopic (exact) mass is 257 g/mol. The van der Waals surface area contributed by atoms with E-state index in [0.717, 1.165) is 17.5 Å². The molecule has 0 amide bonds. The minimum absolute atomic E-state index is 0.0332. The zero-order chi connectivity index (χ0) is 13.7. The molecule has 0 saturated heterocycles. The molecule has 3 heteroatoms. The first-order chi connectivity index (χ1) is 9.19. The van der Waals surface area contributed by atoms with E-state index in [4.69, 9.17) is 5.73 Å². The molecule has 0 fully saturated rings. The molecule has 2 aromatic rings. The molecule has 2 N–H and O–H groups in total. The highest BCUT2D eigenvalue weighted by atomic mass is 19.1. The van der Waals surface area contributed by atoms with E-state index in [0.29, 0.717) is 12.1 Å². The average Bonchev–Trinajstić information content (AvgIpc) is 2.42. The van der Waals surface area contributed by atoms with Crippen LogP contribution in [0.5, 0.6) is 0 Å². The van der Waals surface area contributed by atoms with Crippen molar-refractivity contribution < 1.29 is 9.18 Å². The molecule has 0 radical (unpaired) electrons. The molecule has 0 unspecified atom stereocenters. The van der Waals surface area contributed by atoms with Crippen molar-refractivity contribution in [2.75, 3.05) is 6.54 Å². The van der Waals surface area contributed by atoms with Crippen LogP contribution in [0.3, 0.4) is 0 Å². The number of rotatable bonds is 5. The van der Waals surface area contributed by atoms with Crippen LogP contribution < -0.4 is 5.73 Å². The Morgan fingerprint density at radius 1 is 0.947 bits per heavy atom. The number of benzene rings is 2. The van der Waals surface area contributed by atoms with Crippen LogP contribution in [0.4, 0.5) is 4.39 Å². The van der Waals surface area contributed by atoms with Crippen LogP contribution in [0.2, 0.25) is 0 Å². The Hall–Kier alpha value is -2.00. The first-order valence-electron chi connectivity index (χ1n) is 6.25. The summed E-state index contributed by atoms with van der Waals surface area (Å²) in [5.74, 6) is -0.256. The highest BCUT2D eigenvalue weighted by Gasteiger charge is 2.07. The Bertz CT molecular complexity index is 546. The summed E-state index contributed by atoms with van der Waals surface area (Å²) in [5.41, 5.74) is 8.09. The molecular weight excluding hydrogens is 241 g/mol. The SMILES string of the molecule is NCCc1ccc(C(=O)Cc2ccc(F)cc2)cc1. The third-order valence-electron chi connectivity index (χ3n) is 2.99.